The zero-order chi connectivity index (χ0) is 11.3. The molecule has 5 nitrogen and oxygen atoms in total. The molecule has 0 aromatic heterocycles. The van der Waals surface area contributed by atoms with Gasteiger partial charge < -0.3 is 10.6 Å². The molecule has 1 aliphatic carbocycles. The first-order valence-electron chi connectivity index (χ1n) is 5.05. The van der Waals surface area contributed by atoms with Crippen molar-refractivity contribution in [3.63, 3.8) is 0 Å². The minimum atomic E-state index is -0.795. The third kappa shape index (κ3) is 2.69. The van der Waals surface area contributed by atoms with Crippen LogP contribution in [0.2, 0.25) is 0 Å². The predicted octanol–water partition coefficient (Wildman–Crippen LogP) is -0.0674. The molecule has 1 aliphatic rings. The van der Waals surface area contributed by atoms with Gasteiger partial charge in [-0.25, -0.2) is 0 Å². The van der Waals surface area contributed by atoms with E-state index < -0.39 is 5.41 Å². The molecule has 0 saturated heterocycles. The maximum absolute atomic E-state index is 11.6. The van der Waals surface area contributed by atoms with E-state index in [1.54, 1.807) is 0 Å². The number of carbonyl (C=O) groups is 2. The standard InChI is InChI=1S/C10H15N3O2/c1-8(14)12-5-6-13-9(15)10(7-11)3-2-4-10/h2-6H2,1H3,(H,12,14)(H,13,15). The first-order valence-corrected chi connectivity index (χ1v) is 5.05. The van der Waals surface area contributed by atoms with Crippen molar-refractivity contribution >= 4 is 11.8 Å². The lowest BCUT2D eigenvalue weighted by molar-refractivity contribution is -0.131. The van der Waals surface area contributed by atoms with Gasteiger partial charge in [0.15, 0.2) is 0 Å². The average Bonchev–Trinajstić information content (AvgIpc) is 2.11. The van der Waals surface area contributed by atoms with Gasteiger partial charge in [-0.2, -0.15) is 5.26 Å². The highest BCUT2D eigenvalue weighted by molar-refractivity contribution is 5.86. The Morgan fingerprint density at radius 1 is 1.33 bits per heavy atom. The molecule has 0 atom stereocenters. The number of hydrogen-bond acceptors (Lipinski definition) is 3. The van der Waals surface area contributed by atoms with Crippen LogP contribution in [0, 0.1) is 16.7 Å². The summed E-state index contributed by atoms with van der Waals surface area (Å²) in [5.74, 6) is -0.329. The van der Waals surface area contributed by atoms with E-state index in [0.717, 1.165) is 6.42 Å². The molecule has 1 saturated carbocycles. The maximum atomic E-state index is 11.6. The summed E-state index contributed by atoms with van der Waals surface area (Å²) in [5, 5.41) is 14.1. The van der Waals surface area contributed by atoms with Crippen molar-refractivity contribution in [1.29, 1.82) is 5.26 Å². The van der Waals surface area contributed by atoms with E-state index in [4.69, 9.17) is 5.26 Å². The third-order valence-electron chi connectivity index (χ3n) is 2.64. The zero-order valence-electron chi connectivity index (χ0n) is 8.80. The van der Waals surface area contributed by atoms with Gasteiger partial charge in [0.05, 0.1) is 6.07 Å². The van der Waals surface area contributed by atoms with Gasteiger partial charge in [0, 0.05) is 20.0 Å². The number of nitrogens with zero attached hydrogens (tertiary/aromatic N) is 1. The van der Waals surface area contributed by atoms with Gasteiger partial charge in [-0.1, -0.05) is 0 Å². The van der Waals surface area contributed by atoms with E-state index in [1.165, 1.54) is 6.92 Å². The Labute approximate surface area is 88.8 Å². The Morgan fingerprint density at radius 3 is 2.33 bits per heavy atom. The molecule has 2 amide bonds. The minimum Gasteiger partial charge on any atom is -0.355 e. The Hall–Kier alpha value is -1.57. The minimum absolute atomic E-state index is 0.122. The molecule has 0 bridgehead atoms. The molecule has 0 unspecified atom stereocenters. The molecule has 0 aromatic rings. The van der Waals surface area contributed by atoms with Gasteiger partial charge in [0.2, 0.25) is 11.8 Å². The second-order valence-electron chi connectivity index (χ2n) is 3.79. The maximum Gasteiger partial charge on any atom is 0.240 e. The van der Waals surface area contributed by atoms with Crippen LogP contribution < -0.4 is 10.6 Å². The summed E-state index contributed by atoms with van der Waals surface area (Å²) in [6.45, 7) is 2.20. The van der Waals surface area contributed by atoms with Gasteiger partial charge >= 0.3 is 0 Å². The number of carbonyl (C=O) groups excluding carboxylic acids is 2. The van der Waals surface area contributed by atoms with Crippen LogP contribution in [-0.2, 0) is 9.59 Å². The summed E-state index contributed by atoms with van der Waals surface area (Å²) in [5.41, 5.74) is -0.795. The Kier molecular flexibility index (Phi) is 3.67. The Balaban J connectivity index is 2.25. The highest BCUT2D eigenvalue weighted by Crippen LogP contribution is 2.40. The van der Waals surface area contributed by atoms with Crippen LogP contribution in [0.25, 0.3) is 0 Å². The van der Waals surface area contributed by atoms with Crippen LogP contribution in [-0.4, -0.2) is 24.9 Å². The summed E-state index contributed by atoms with van der Waals surface area (Å²) < 4.78 is 0. The van der Waals surface area contributed by atoms with E-state index in [-0.39, 0.29) is 11.8 Å². The second kappa shape index (κ2) is 4.78. The lowest BCUT2D eigenvalue weighted by atomic mass is 9.69. The van der Waals surface area contributed by atoms with Gasteiger partial charge in [0.25, 0.3) is 0 Å². The first-order chi connectivity index (χ1) is 7.10. The first kappa shape index (κ1) is 11.5. The summed E-state index contributed by atoms with van der Waals surface area (Å²) in [7, 11) is 0. The smallest absolute Gasteiger partial charge is 0.240 e. The van der Waals surface area contributed by atoms with Crippen molar-refractivity contribution in [3.05, 3.63) is 0 Å². The van der Waals surface area contributed by atoms with Crippen LogP contribution in [0.4, 0.5) is 0 Å². The fraction of sp³-hybridized carbons (Fsp3) is 0.700. The van der Waals surface area contributed by atoms with Gasteiger partial charge in [-0.15, -0.1) is 0 Å². The molecular weight excluding hydrogens is 194 g/mol. The fourth-order valence-corrected chi connectivity index (χ4v) is 1.50. The van der Waals surface area contributed by atoms with E-state index >= 15 is 0 Å². The Morgan fingerprint density at radius 2 is 1.93 bits per heavy atom. The number of nitrogens with one attached hydrogen (secondary N) is 2. The van der Waals surface area contributed by atoms with Crippen molar-refractivity contribution in [2.45, 2.75) is 26.2 Å². The average molecular weight is 209 g/mol. The molecule has 1 fully saturated rings. The molecule has 1 rings (SSSR count). The van der Waals surface area contributed by atoms with Crippen LogP contribution in [0.15, 0.2) is 0 Å². The zero-order valence-corrected chi connectivity index (χ0v) is 8.80. The summed E-state index contributed by atoms with van der Waals surface area (Å²) in [6, 6.07) is 2.06. The molecule has 0 aliphatic heterocycles. The van der Waals surface area contributed by atoms with Crippen molar-refractivity contribution in [1.82, 2.24) is 10.6 Å². The monoisotopic (exact) mass is 209 g/mol. The number of hydrogen-bond donors (Lipinski definition) is 2. The SMILES string of the molecule is CC(=O)NCCNC(=O)C1(C#N)CCC1. The van der Waals surface area contributed by atoms with Crippen molar-refractivity contribution < 1.29 is 9.59 Å². The summed E-state index contributed by atoms with van der Waals surface area (Å²) in [6.07, 6.45) is 2.23. The van der Waals surface area contributed by atoms with Crippen LogP contribution >= 0.6 is 0 Å². The predicted molar refractivity (Wildman–Crippen MR) is 53.6 cm³/mol. The quantitative estimate of drug-likeness (QED) is 0.636. The lowest BCUT2D eigenvalue weighted by Crippen LogP contribution is -2.46. The highest BCUT2D eigenvalue weighted by atomic mass is 16.2. The normalized spacial score (nSPS) is 17.1. The van der Waals surface area contributed by atoms with E-state index in [9.17, 15) is 9.59 Å². The molecule has 0 spiro atoms. The fourth-order valence-electron chi connectivity index (χ4n) is 1.50. The van der Waals surface area contributed by atoms with Crippen molar-refractivity contribution in [3.8, 4) is 6.07 Å². The van der Waals surface area contributed by atoms with Crippen LogP contribution in [0.3, 0.4) is 0 Å². The molecule has 2 N–H and O–H groups in total. The van der Waals surface area contributed by atoms with Crippen LogP contribution in [0.5, 0.6) is 0 Å². The van der Waals surface area contributed by atoms with Crippen molar-refractivity contribution in [2.75, 3.05) is 13.1 Å². The van der Waals surface area contributed by atoms with E-state index in [2.05, 4.69) is 16.7 Å². The number of amides is 2. The number of nitriles is 1. The Bertz CT molecular complexity index is 302. The van der Waals surface area contributed by atoms with Gasteiger partial charge in [-0.05, 0) is 19.3 Å². The van der Waals surface area contributed by atoms with Crippen LogP contribution in [0.1, 0.15) is 26.2 Å². The highest BCUT2D eigenvalue weighted by Gasteiger charge is 2.44. The van der Waals surface area contributed by atoms with Gasteiger partial charge in [-0.3, -0.25) is 9.59 Å². The number of rotatable bonds is 4. The molecular formula is C10H15N3O2. The van der Waals surface area contributed by atoms with Gasteiger partial charge in [0.1, 0.15) is 5.41 Å². The largest absolute Gasteiger partial charge is 0.355 e. The molecule has 82 valence electrons. The molecule has 5 heteroatoms. The summed E-state index contributed by atoms with van der Waals surface area (Å²) in [4.78, 5) is 22.1. The second-order valence-corrected chi connectivity index (χ2v) is 3.79. The molecule has 0 radical (unpaired) electrons. The molecule has 0 heterocycles. The molecule has 0 aromatic carbocycles. The summed E-state index contributed by atoms with van der Waals surface area (Å²) >= 11 is 0. The van der Waals surface area contributed by atoms with E-state index in [0.29, 0.717) is 25.9 Å². The molecule has 15 heavy (non-hydrogen) atoms. The lowest BCUT2D eigenvalue weighted by Gasteiger charge is -2.33. The van der Waals surface area contributed by atoms with Crippen molar-refractivity contribution in [2.24, 2.45) is 5.41 Å². The topological polar surface area (TPSA) is 82.0 Å². The third-order valence-corrected chi connectivity index (χ3v) is 2.64. The van der Waals surface area contributed by atoms with E-state index in [1.807, 2.05) is 0 Å².